The number of anilines is 1. The summed E-state index contributed by atoms with van der Waals surface area (Å²) < 4.78 is 2.83. The first-order chi connectivity index (χ1) is 14.9. The van der Waals surface area contributed by atoms with Crippen LogP contribution < -0.4 is 10.6 Å². The number of carbonyl (C=O) groups excluding carboxylic acids is 2. The number of thioether (sulfide) groups is 1. The van der Waals surface area contributed by atoms with Gasteiger partial charge in [0.1, 0.15) is 5.82 Å². The van der Waals surface area contributed by atoms with Crippen LogP contribution in [0.3, 0.4) is 0 Å². The number of hydrogen-bond donors (Lipinski definition) is 2. The topological polar surface area (TPSA) is 88.9 Å². The van der Waals surface area contributed by atoms with Crippen molar-refractivity contribution in [3.63, 3.8) is 0 Å². The summed E-state index contributed by atoms with van der Waals surface area (Å²) in [5.41, 5.74) is 3.04. The third kappa shape index (κ3) is 6.18. The third-order valence-electron chi connectivity index (χ3n) is 4.68. The molecule has 2 N–H and O–H groups in total. The van der Waals surface area contributed by atoms with Gasteiger partial charge >= 0.3 is 0 Å². The summed E-state index contributed by atoms with van der Waals surface area (Å²) in [5, 5.41) is 16.9. The maximum atomic E-state index is 12.4. The minimum atomic E-state index is -0.107. The van der Waals surface area contributed by atoms with Crippen molar-refractivity contribution in [3.05, 3.63) is 55.9 Å². The Bertz CT molecular complexity index is 1070. The van der Waals surface area contributed by atoms with Crippen LogP contribution in [0.2, 0.25) is 0 Å². The second kappa shape index (κ2) is 10.9. The number of nitrogens with one attached hydrogen (secondary N) is 2. The molecule has 1 aromatic carbocycles. The first kappa shape index (κ1) is 23.5. The van der Waals surface area contributed by atoms with Crippen molar-refractivity contribution in [1.82, 2.24) is 20.1 Å². The van der Waals surface area contributed by atoms with Crippen LogP contribution in [0.1, 0.15) is 33.5 Å². The summed E-state index contributed by atoms with van der Waals surface area (Å²) in [4.78, 5) is 25.2. The molecule has 0 saturated heterocycles. The molecule has 0 saturated carbocycles. The second-order valence-electron chi connectivity index (χ2n) is 6.88. The van der Waals surface area contributed by atoms with Gasteiger partial charge in [0.2, 0.25) is 5.91 Å². The van der Waals surface area contributed by atoms with Gasteiger partial charge in [-0.15, -0.1) is 21.5 Å². The number of hydrogen-bond acceptors (Lipinski definition) is 6. The summed E-state index contributed by atoms with van der Waals surface area (Å²) in [6.45, 7) is 7.21. The summed E-state index contributed by atoms with van der Waals surface area (Å²) >= 11 is 6.26. The monoisotopic (exact) mass is 521 g/mol. The molecule has 0 fully saturated rings. The number of aromatic nitrogens is 3. The van der Waals surface area contributed by atoms with E-state index < -0.39 is 0 Å². The Kier molecular flexibility index (Phi) is 8.28. The van der Waals surface area contributed by atoms with Crippen molar-refractivity contribution in [1.29, 1.82) is 0 Å². The Labute approximate surface area is 198 Å². The molecule has 0 radical (unpaired) electrons. The summed E-state index contributed by atoms with van der Waals surface area (Å²) in [5.74, 6) is 0.826. The van der Waals surface area contributed by atoms with E-state index in [1.54, 1.807) is 6.07 Å². The fourth-order valence-electron chi connectivity index (χ4n) is 2.90. The lowest BCUT2D eigenvalue weighted by molar-refractivity contribution is -0.113. The van der Waals surface area contributed by atoms with Crippen LogP contribution >= 0.6 is 39.0 Å². The first-order valence-electron chi connectivity index (χ1n) is 9.82. The van der Waals surface area contributed by atoms with E-state index in [1.807, 2.05) is 48.9 Å². The quantitative estimate of drug-likeness (QED) is 0.406. The lowest BCUT2D eigenvalue weighted by Crippen LogP contribution is -2.25. The van der Waals surface area contributed by atoms with Crippen LogP contribution in [0.25, 0.3) is 0 Å². The normalized spacial score (nSPS) is 10.8. The molecule has 0 aliphatic rings. The van der Waals surface area contributed by atoms with Crippen LogP contribution in [0, 0.1) is 13.8 Å². The van der Waals surface area contributed by atoms with E-state index in [2.05, 4.69) is 36.8 Å². The van der Waals surface area contributed by atoms with Crippen molar-refractivity contribution >= 4 is 56.5 Å². The Balaban J connectivity index is 1.53. The molecule has 3 aromatic rings. The molecule has 7 nitrogen and oxygen atoms in total. The van der Waals surface area contributed by atoms with E-state index in [0.29, 0.717) is 29.5 Å². The number of carbonyl (C=O) groups is 2. The highest BCUT2D eigenvalue weighted by Gasteiger charge is 2.15. The number of benzene rings is 1. The zero-order valence-corrected chi connectivity index (χ0v) is 20.8. The van der Waals surface area contributed by atoms with Gasteiger partial charge in [0.15, 0.2) is 5.16 Å². The van der Waals surface area contributed by atoms with E-state index in [-0.39, 0.29) is 17.6 Å². The van der Waals surface area contributed by atoms with Gasteiger partial charge in [0.25, 0.3) is 5.91 Å². The highest BCUT2D eigenvalue weighted by Crippen LogP contribution is 2.26. The van der Waals surface area contributed by atoms with Crippen LogP contribution in [0.5, 0.6) is 0 Å². The van der Waals surface area contributed by atoms with Crippen molar-refractivity contribution in [3.8, 4) is 0 Å². The molecule has 0 bridgehead atoms. The first-order valence-corrected chi connectivity index (χ1v) is 12.5. The maximum Gasteiger partial charge on any atom is 0.261 e. The zero-order chi connectivity index (χ0) is 22.4. The molecule has 0 aliphatic heterocycles. The van der Waals surface area contributed by atoms with Crippen LogP contribution in [-0.2, 0) is 17.8 Å². The van der Waals surface area contributed by atoms with Crippen molar-refractivity contribution in [2.75, 3.05) is 17.6 Å². The molecule has 0 unspecified atom stereocenters. The Morgan fingerprint density at radius 2 is 2.00 bits per heavy atom. The Morgan fingerprint density at radius 3 is 2.71 bits per heavy atom. The predicted molar refractivity (Wildman–Crippen MR) is 129 cm³/mol. The average molecular weight is 522 g/mol. The van der Waals surface area contributed by atoms with E-state index in [4.69, 9.17) is 0 Å². The van der Waals surface area contributed by atoms with Crippen molar-refractivity contribution in [2.45, 2.75) is 38.9 Å². The number of thiophene rings is 1. The summed E-state index contributed by atoms with van der Waals surface area (Å²) in [6, 6.07) is 7.60. The molecule has 164 valence electrons. The molecule has 2 heterocycles. The zero-order valence-electron chi connectivity index (χ0n) is 17.6. The van der Waals surface area contributed by atoms with Gasteiger partial charge in [-0.05, 0) is 71.4 Å². The SMILES string of the molecule is CCn1c(CCNC(=O)c2cccs2)nnc1SCC(=O)Nc1cc(C)c(C)cc1Br. The van der Waals surface area contributed by atoms with Gasteiger partial charge in [0, 0.05) is 24.0 Å². The molecular formula is C21H24BrN5O2S2. The smallest absolute Gasteiger partial charge is 0.261 e. The minimum absolute atomic E-state index is 0.0821. The molecule has 0 atom stereocenters. The van der Waals surface area contributed by atoms with Crippen LogP contribution in [-0.4, -0.2) is 38.9 Å². The number of halogens is 1. The number of amides is 2. The summed E-state index contributed by atoms with van der Waals surface area (Å²) in [6.07, 6.45) is 0.570. The number of nitrogens with zero attached hydrogens (tertiary/aromatic N) is 3. The summed E-state index contributed by atoms with van der Waals surface area (Å²) in [7, 11) is 0. The van der Waals surface area contributed by atoms with Gasteiger partial charge in [-0.1, -0.05) is 17.8 Å². The molecule has 31 heavy (non-hydrogen) atoms. The number of aryl methyl sites for hydroxylation is 2. The Morgan fingerprint density at radius 1 is 1.23 bits per heavy atom. The molecule has 3 rings (SSSR count). The van der Waals surface area contributed by atoms with E-state index in [9.17, 15) is 9.59 Å². The molecule has 0 spiro atoms. The highest BCUT2D eigenvalue weighted by atomic mass is 79.9. The lowest BCUT2D eigenvalue weighted by atomic mass is 10.1. The molecule has 2 amide bonds. The largest absolute Gasteiger partial charge is 0.351 e. The second-order valence-corrected chi connectivity index (χ2v) is 9.62. The van der Waals surface area contributed by atoms with E-state index >= 15 is 0 Å². The van der Waals surface area contributed by atoms with Crippen LogP contribution in [0.15, 0.2) is 39.3 Å². The fourth-order valence-corrected chi connectivity index (χ4v) is 4.92. The molecular weight excluding hydrogens is 498 g/mol. The van der Waals surface area contributed by atoms with Gasteiger partial charge in [0.05, 0.1) is 16.3 Å². The molecule has 2 aromatic heterocycles. The predicted octanol–water partition coefficient (Wildman–Crippen LogP) is 4.44. The maximum absolute atomic E-state index is 12.4. The fraction of sp³-hybridized carbons (Fsp3) is 0.333. The average Bonchev–Trinajstić information content (AvgIpc) is 3.40. The molecule has 10 heteroatoms. The lowest BCUT2D eigenvalue weighted by Gasteiger charge is -2.11. The van der Waals surface area contributed by atoms with E-state index in [1.165, 1.54) is 23.1 Å². The van der Waals surface area contributed by atoms with Gasteiger partial charge < -0.3 is 15.2 Å². The Hall–Kier alpha value is -2.17. The minimum Gasteiger partial charge on any atom is -0.351 e. The van der Waals surface area contributed by atoms with Crippen molar-refractivity contribution in [2.24, 2.45) is 0 Å². The van der Waals surface area contributed by atoms with E-state index in [0.717, 1.165) is 27.1 Å². The molecule has 0 aliphatic carbocycles. The van der Waals surface area contributed by atoms with Gasteiger partial charge in [-0.25, -0.2) is 0 Å². The van der Waals surface area contributed by atoms with Gasteiger partial charge in [-0.3, -0.25) is 9.59 Å². The third-order valence-corrected chi connectivity index (χ3v) is 7.17. The number of rotatable bonds is 9. The van der Waals surface area contributed by atoms with Crippen molar-refractivity contribution < 1.29 is 9.59 Å². The van der Waals surface area contributed by atoms with Crippen LogP contribution in [0.4, 0.5) is 5.69 Å². The standard InChI is InChI=1S/C21H24BrN5O2S2/c1-4-27-18(7-8-23-20(29)17-6-5-9-30-17)25-26-21(27)31-12-19(28)24-16-11-14(3)13(2)10-15(16)22/h5-6,9-11H,4,7-8,12H2,1-3H3,(H,23,29)(H,24,28). The van der Waals surface area contributed by atoms with Gasteiger partial charge in [-0.2, -0.15) is 0 Å². The highest BCUT2D eigenvalue weighted by molar-refractivity contribution is 9.10.